The number of amides is 1. The van der Waals surface area contributed by atoms with Crippen molar-refractivity contribution >= 4 is 11.9 Å². The predicted octanol–water partition coefficient (Wildman–Crippen LogP) is 0.762. The zero-order valence-corrected chi connectivity index (χ0v) is 9.15. The van der Waals surface area contributed by atoms with Crippen LogP contribution in [0.25, 0.3) is 0 Å². The van der Waals surface area contributed by atoms with Gasteiger partial charge in [-0.25, -0.2) is 4.79 Å². The van der Waals surface area contributed by atoms with Gasteiger partial charge in [0.1, 0.15) is 6.04 Å². The first-order valence-electron chi connectivity index (χ1n) is 4.81. The van der Waals surface area contributed by atoms with Crippen LogP contribution in [0.2, 0.25) is 0 Å². The Hall–Kier alpha value is -1.57. The van der Waals surface area contributed by atoms with E-state index in [0.717, 1.165) is 0 Å². The van der Waals surface area contributed by atoms with E-state index in [2.05, 4.69) is 5.32 Å². The summed E-state index contributed by atoms with van der Waals surface area (Å²) in [7, 11) is 0. The van der Waals surface area contributed by atoms with Crippen LogP contribution in [0.5, 0.6) is 0 Å². The van der Waals surface area contributed by atoms with Gasteiger partial charge in [-0.2, -0.15) is 5.26 Å². The molecule has 15 heavy (non-hydrogen) atoms. The van der Waals surface area contributed by atoms with Crippen LogP contribution in [0.3, 0.4) is 0 Å². The van der Waals surface area contributed by atoms with E-state index < -0.39 is 17.9 Å². The number of nitrogens with zero attached hydrogens (tertiary/aromatic N) is 1. The summed E-state index contributed by atoms with van der Waals surface area (Å²) in [6.45, 7) is 4.99. The van der Waals surface area contributed by atoms with Gasteiger partial charge in [0.15, 0.2) is 0 Å². The Labute approximate surface area is 89.1 Å². The van der Waals surface area contributed by atoms with Gasteiger partial charge in [-0.1, -0.05) is 13.8 Å². The van der Waals surface area contributed by atoms with Gasteiger partial charge >= 0.3 is 5.97 Å². The van der Waals surface area contributed by atoms with Gasteiger partial charge in [0, 0.05) is 11.8 Å². The molecular formula is C10H16N2O3. The molecule has 5 nitrogen and oxygen atoms in total. The van der Waals surface area contributed by atoms with Crippen LogP contribution in [0.15, 0.2) is 0 Å². The Morgan fingerprint density at radius 1 is 1.40 bits per heavy atom. The predicted molar refractivity (Wildman–Crippen MR) is 53.8 cm³/mol. The van der Waals surface area contributed by atoms with E-state index >= 15 is 0 Å². The highest BCUT2D eigenvalue weighted by Crippen LogP contribution is 2.06. The van der Waals surface area contributed by atoms with Crippen molar-refractivity contribution in [3.05, 3.63) is 0 Å². The Kier molecular flexibility index (Phi) is 5.39. The van der Waals surface area contributed by atoms with Gasteiger partial charge in [0.05, 0.1) is 6.07 Å². The molecule has 0 aliphatic heterocycles. The van der Waals surface area contributed by atoms with Crippen LogP contribution in [-0.2, 0) is 9.59 Å². The van der Waals surface area contributed by atoms with Gasteiger partial charge in [0.25, 0.3) is 0 Å². The fourth-order valence-electron chi connectivity index (χ4n) is 0.966. The highest BCUT2D eigenvalue weighted by atomic mass is 16.4. The first kappa shape index (κ1) is 13.4. The summed E-state index contributed by atoms with van der Waals surface area (Å²) < 4.78 is 0. The maximum atomic E-state index is 11.3. The maximum absolute atomic E-state index is 11.3. The maximum Gasteiger partial charge on any atom is 0.326 e. The summed E-state index contributed by atoms with van der Waals surface area (Å²) >= 11 is 0. The normalized spacial score (nSPS) is 14.1. The van der Waals surface area contributed by atoms with E-state index in [4.69, 9.17) is 10.4 Å². The van der Waals surface area contributed by atoms with Crippen molar-refractivity contribution < 1.29 is 14.7 Å². The van der Waals surface area contributed by atoms with Crippen LogP contribution in [0.4, 0.5) is 0 Å². The first-order chi connectivity index (χ1) is 6.88. The number of carbonyl (C=O) groups excluding carboxylic acids is 1. The number of carboxylic acids is 1. The van der Waals surface area contributed by atoms with Crippen molar-refractivity contribution in [2.45, 2.75) is 33.2 Å². The van der Waals surface area contributed by atoms with E-state index in [1.54, 1.807) is 20.8 Å². The van der Waals surface area contributed by atoms with Crippen molar-refractivity contribution in [1.29, 1.82) is 5.26 Å². The standard InChI is InChI=1S/C10H16N2O3/c1-6(2)9(13)12-8(10(14)15)4-7(3)5-11/h6-8H,4H2,1-3H3,(H,12,13)(H,14,15)/t7-,8+/m1/s1. The molecule has 0 unspecified atom stereocenters. The summed E-state index contributed by atoms with van der Waals surface area (Å²) in [5.41, 5.74) is 0. The molecule has 2 atom stereocenters. The summed E-state index contributed by atoms with van der Waals surface area (Å²) in [5.74, 6) is -2.07. The smallest absolute Gasteiger partial charge is 0.326 e. The summed E-state index contributed by atoms with van der Waals surface area (Å²) in [6, 6.07) is 0.961. The van der Waals surface area contributed by atoms with Gasteiger partial charge in [-0.05, 0) is 13.3 Å². The second-order valence-corrected chi connectivity index (χ2v) is 3.82. The van der Waals surface area contributed by atoms with Gasteiger partial charge in [-0.3, -0.25) is 4.79 Å². The van der Waals surface area contributed by atoms with Crippen LogP contribution in [0, 0.1) is 23.2 Å². The number of nitrogens with one attached hydrogen (secondary N) is 1. The highest BCUT2D eigenvalue weighted by molar-refractivity contribution is 5.84. The molecule has 0 aromatic rings. The van der Waals surface area contributed by atoms with Gasteiger partial charge < -0.3 is 10.4 Å². The number of aliphatic carboxylic acids is 1. The molecule has 0 heterocycles. The molecule has 84 valence electrons. The van der Waals surface area contributed by atoms with E-state index in [9.17, 15) is 9.59 Å². The number of rotatable bonds is 5. The minimum Gasteiger partial charge on any atom is -0.480 e. The molecule has 0 bridgehead atoms. The third-order valence-electron chi connectivity index (χ3n) is 1.95. The number of hydrogen-bond acceptors (Lipinski definition) is 3. The van der Waals surface area contributed by atoms with Gasteiger partial charge in [0.2, 0.25) is 5.91 Å². The summed E-state index contributed by atoms with van der Waals surface area (Å²) in [6.07, 6.45) is 0.129. The number of nitriles is 1. The molecule has 0 radical (unpaired) electrons. The van der Waals surface area contributed by atoms with Crippen molar-refractivity contribution in [2.24, 2.45) is 11.8 Å². The summed E-state index contributed by atoms with van der Waals surface area (Å²) in [4.78, 5) is 22.1. The minimum absolute atomic E-state index is 0.129. The Bertz CT molecular complexity index is 281. The first-order valence-corrected chi connectivity index (χ1v) is 4.81. The van der Waals surface area contributed by atoms with Crippen molar-refractivity contribution in [3.8, 4) is 6.07 Å². The van der Waals surface area contributed by atoms with Crippen LogP contribution in [-0.4, -0.2) is 23.0 Å². The lowest BCUT2D eigenvalue weighted by Gasteiger charge is -2.16. The molecule has 1 amide bonds. The van der Waals surface area contributed by atoms with Crippen molar-refractivity contribution in [3.63, 3.8) is 0 Å². The monoisotopic (exact) mass is 212 g/mol. The topological polar surface area (TPSA) is 90.2 Å². The number of carboxylic acid groups (broad SMARTS) is 1. The zero-order valence-electron chi connectivity index (χ0n) is 9.15. The van der Waals surface area contributed by atoms with Crippen LogP contribution >= 0.6 is 0 Å². The fourth-order valence-corrected chi connectivity index (χ4v) is 0.966. The third-order valence-corrected chi connectivity index (χ3v) is 1.95. The quantitative estimate of drug-likeness (QED) is 0.704. The SMILES string of the molecule is CC(C)C(=O)N[C@@H](C[C@@H](C)C#N)C(=O)O. The molecular weight excluding hydrogens is 196 g/mol. The van der Waals surface area contributed by atoms with Crippen LogP contribution in [0.1, 0.15) is 27.2 Å². The lowest BCUT2D eigenvalue weighted by molar-refractivity contribution is -0.142. The second kappa shape index (κ2) is 6.02. The molecule has 5 heteroatoms. The van der Waals surface area contributed by atoms with Crippen molar-refractivity contribution in [2.75, 3.05) is 0 Å². The number of hydrogen-bond donors (Lipinski definition) is 2. The van der Waals surface area contributed by atoms with Gasteiger partial charge in [-0.15, -0.1) is 0 Å². The molecule has 0 saturated carbocycles. The van der Waals surface area contributed by atoms with Crippen LogP contribution < -0.4 is 5.32 Å². The molecule has 0 aromatic carbocycles. The zero-order chi connectivity index (χ0) is 12.0. The van der Waals surface area contributed by atoms with Crippen molar-refractivity contribution in [1.82, 2.24) is 5.32 Å². The lowest BCUT2D eigenvalue weighted by atomic mass is 10.0. The van der Waals surface area contributed by atoms with E-state index in [-0.39, 0.29) is 18.2 Å². The molecule has 2 N–H and O–H groups in total. The average molecular weight is 212 g/mol. The molecule has 0 spiro atoms. The van der Waals surface area contributed by atoms with E-state index in [0.29, 0.717) is 0 Å². The Morgan fingerprint density at radius 3 is 2.27 bits per heavy atom. The molecule has 0 aliphatic rings. The molecule has 0 aromatic heterocycles. The van der Waals surface area contributed by atoms with E-state index in [1.807, 2.05) is 6.07 Å². The Morgan fingerprint density at radius 2 is 1.93 bits per heavy atom. The lowest BCUT2D eigenvalue weighted by Crippen LogP contribution is -2.43. The fraction of sp³-hybridized carbons (Fsp3) is 0.700. The number of carbonyl (C=O) groups is 2. The Balaban J connectivity index is 4.37. The largest absolute Gasteiger partial charge is 0.480 e. The molecule has 0 saturated heterocycles. The average Bonchev–Trinajstić information content (AvgIpc) is 2.15. The minimum atomic E-state index is -1.11. The molecule has 0 fully saturated rings. The highest BCUT2D eigenvalue weighted by Gasteiger charge is 2.23. The summed E-state index contributed by atoms with van der Waals surface area (Å²) in [5, 5.41) is 19.8. The van der Waals surface area contributed by atoms with E-state index in [1.165, 1.54) is 0 Å². The third kappa shape index (κ3) is 5.01. The molecule has 0 aliphatic carbocycles. The molecule has 0 rings (SSSR count). The second-order valence-electron chi connectivity index (χ2n) is 3.82.